The van der Waals surface area contributed by atoms with E-state index in [9.17, 15) is 4.79 Å². The second kappa shape index (κ2) is 6.08. The minimum Gasteiger partial charge on any atom is -0.457 e. The molecular weight excluding hydrogens is 254 g/mol. The molecule has 0 aromatic heterocycles. The number of anilines is 2. The van der Waals surface area contributed by atoms with Crippen LogP contribution in [0, 0.1) is 6.92 Å². The van der Waals surface area contributed by atoms with Gasteiger partial charge in [-0.1, -0.05) is 0 Å². The Labute approximate surface area is 117 Å². The Bertz CT molecular complexity index is 609. The van der Waals surface area contributed by atoms with Crippen LogP contribution in [0.5, 0.6) is 11.5 Å². The second-order valence-electron chi connectivity index (χ2n) is 4.43. The third-order valence-electron chi connectivity index (χ3n) is 2.74. The predicted molar refractivity (Wildman–Crippen MR) is 79.8 cm³/mol. The van der Waals surface area contributed by atoms with Crippen molar-refractivity contribution < 1.29 is 9.53 Å². The molecule has 0 aliphatic rings. The Morgan fingerprint density at radius 2 is 1.75 bits per heavy atom. The van der Waals surface area contributed by atoms with Gasteiger partial charge in [0.15, 0.2) is 0 Å². The number of hydrogen-bond acceptors (Lipinski definition) is 4. The molecule has 2 aromatic rings. The van der Waals surface area contributed by atoms with E-state index in [0.717, 1.165) is 22.7 Å². The highest BCUT2D eigenvalue weighted by atomic mass is 16.5. The average Bonchev–Trinajstić information content (AvgIpc) is 2.42. The van der Waals surface area contributed by atoms with E-state index in [4.69, 9.17) is 10.6 Å². The maximum Gasteiger partial charge on any atom is 0.221 e. The van der Waals surface area contributed by atoms with Gasteiger partial charge in [-0.25, -0.2) is 0 Å². The van der Waals surface area contributed by atoms with E-state index in [0.29, 0.717) is 5.75 Å². The maximum absolute atomic E-state index is 10.9. The van der Waals surface area contributed by atoms with Gasteiger partial charge in [0.2, 0.25) is 5.91 Å². The lowest BCUT2D eigenvalue weighted by atomic mass is 10.2. The molecule has 0 aliphatic heterocycles. The number of nitrogen functional groups attached to an aromatic ring is 1. The van der Waals surface area contributed by atoms with Gasteiger partial charge in [0.25, 0.3) is 0 Å². The molecule has 20 heavy (non-hydrogen) atoms. The number of nitrogens with two attached hydrogens (primary N) is 1. The van der Waals surface area contributed by atoms with E-state index in [1.54, 1.807) is 24.3 Å². The number of amides is 1. The van der Waals surface area contributed by atoms with Crippen LogP contribution in [-0.2, 0) is 4.79 Å². The van der Waals surface area contributed by atoms with Crippen molar-refractivity contribution in [2.45, 2.75) is 13.8 Å². The zero-order valence-electron chi connectivity index (χ0n) is 11.4. The monoisotopic (exact) mass is 271 g/mol. The van der Waals surface area contributed by atoms with Crippen LogP contribution in [-0.4, -0.2) is 5.91 Å². The van der Waals surface area contributed by atoms with Crippen LogP contribution in [0.4, 0.5) is 11.4 Å². The number of benzene rings is 2. The summed E-state index contributed by atoms with van der Waals surface area (Å²) in [6.07, 6.45) is 0. The zero-order chi connectivity index (χ0) is 14.5. The summed E-state index contributed by atoms with van der Waals surface area (Å²) in [5.41, 5.74) is 5.14. The smallest absolute Gasteiger partial charge is 0.221 e. The molecule has 0 unspecified atom stereocenters. The Morgan fingerprint density at radius 1 is 1.10 bits per heavy atom. The Balaban J connectivity index is 2.12. The average molecular weight is 271 g/mol. The zero-order valence-corrected chi connectivity index (χ0v) is 11.4. The first-order chi connectivity index (χ1) is 9.58. The van der Waals surface area contributed by atoms with Gasteiger partial charge in [-0.05, 0) is 55.0 Å². The molecule has 4 N–H and O–H groups in total. The van der Waals surface area contributed by atoms with E-state index < -0.39 is 0 Å². The van der Waals surface area contributed by atoms with Gasteiger partial charge in [-0.15, -0.1) is 0 Å². The third kappa shape index (κ3) is 3.49. The first-order valence-corrected chi connectivity index (χ1v) is 6.21. The number of carbonyl (C=O) groups excluding carboxylic acids is 1. The topological polar surface area (TPSA) is 76.4 Å². The minimum atomic E-state index is -0.0978. The third-order valence-corrected chi connectivity index (χ3v) is 2.74. The normalized spacial score (nSPS) is 9.95. The van der Waals surface area contributed by atoms with Crippen LogP contribution in [0.2, 0.25) is 0 Å². The molecule has 0 saturated carbocycles. The van der Waals surface area contributed by atoms with Crippen molar-refractivity contribution >= 4 is 17.3 Å². The van der Waals surface area contributed by atoms with E-state index in [-0.39, 0.29) is 5.91 Å². The van der Waals surface area contributed by atoms with Crippen molar-refractivity contribution in [1.82, 2.24) is 0 Å². The van der Waals surface area contributed by atoms with Crippen LogP contribution in [0.15, 0.2) is 42.5 Å². The summed E-state index contributed by atoms with van der Waals surface area (Å²) < 4.78 is 5.79. The summed E-state index contributed by atoms with van der Waals surface area (Å²) in [5.74, 6) is 6.72. The summed E-state index contributed by atoms with van der Waals surface area (Å²) in [6.45, 7) is 3.42. The highest BCUT2D eigenvalue weighted by molar-refractivity contribution is 5.88. The van der Waals surface area contributed by atoms with Gasteiger partial charge in [0, 0.05) is 18.3 Å². The van der Waals surface area contributed by atoms with E-state index in [1.165, 1.54) is 6.92 Å². The maximum atomic E-state index is 10.9. The van der Waals surface area contributed by atoms with Crippen molar-refractivity contribution in [3.05, 3.63) is 48.0 Å². The quantitative estimate of drug-likeness (QED) is 0.590. The lowest BCUT2D eigenvalue weighted by Crippen LogP contribution is -2.06. The van der Waals surface area contributed by atoms with Crippen molar-refractivity contribution in [2.75, 3.05) is 10.7 Å². The summed E-state index contributed by atoms with van der Waals surface area (Å²) in [7, 11) is 0. The molecule has 0 bridgehead atoms. The Hall–Kier alpha value is -2.53. The summed E-state index contributed by atoms with van der Waals surface area (Å²) in [5, 5.41) is 2.71. The molecule has 0 radical (unpaired) electrons. The predicted octanol–water partition coefficient (Wildman–Crippen LogP) is 3.03. The molecule has 2 aromatic carbocycles. The molecule has 0 saturated heterocycles. The van der Waals surface area contributed by atoms with Crippen LogP contribution in [0.1, 0.15) is 12.5 Å². The van der Waals surface area contributed by atoms with E-state index >= 15 is 0 Å². The number of rotatable bonds is 4. The van der Waals surface area contributed by atoms with Gasteiger partial charge in [-0.3, -0.25) is 10.6 Å². The molecule has 5 heteroatoms. The van der Waals surface area contributed by atoms with Gasteiger partial charge in [0.1, 0.15) is 11.5 Å². The van der Waals surface area contributed by atoms with Crippen LogP contribution in [0.25, 0.3) is 0 Å². The molecule has 0 atom stereocenters. The van der Waals surface area contributed by atoms with Crippen LogP contribution in [0.3, 0.4) is 0 Å². The fourth-order valence-electron chi connectivity index (χ4n) is 1.79. The number of hydrazine groups is 1. The molecule has 5 nitrogen and oxygen atoms in total. The fraction of sp³-hybridized carbons (Fsp3) is 0.133. The molecule has 0 aliphatic carbocycles. The van der Waals surface area contributed by atoms with Gasteiger partial charge < -0.3 is 15.5 Å². The molecule has 0 fully saturated rings. The van der Waals surface area contributed by atoms with Crippen LogP contribution < -0.4 is 21.3 Å². The SMILES string of the molecule is CC(=O)Nc1ccc(Oc2ccc(NN)cc2C)cc1. The molecule has 104 valence electrons. The van der Waals surface area contributed by atoms with Crippen molar-refractivity contribution in [3.63, 3.8) is 0 Å². The molecular formula is C15H17N3O2. The summed E-state index contributed by atoms with van der Waals surface area (Å²) in [4.78, 5) is 10.9. The van der Waals surface area contributed by atoms with Crippen molar-refractivity contribution in [2.24, 2.45) is 5.84 Å². The summed E-state index contributed by atoms with van der Waals surface area (Å²) in [6, 6.07) is 12.8. The fourth-order valence-corrected chi connectivity index (χ4v) is 1.79. The molecule has 0 spiro atoms. The molecule has 0 heterocycles. The summed E-state index contributed by atoms with van der Waals surface area (Å²) >= 11 is 0. The van der Waals surface area contributed by atoms with Gasteiger partial charge in [0.05, 0.1) is 0 Å². The second-order valence-corrected chi connectivity index (χ2v) is 4.43. The van der Waals surface area contributed by atoms with E-state index in [2.05, 4.69) is 10.7 Å². The van der Waals surface area contributed by atoms with Crippen LogP contribution >= 0.6 is 0 Å². The first kappa shape index (κ1) is 13.9. The largest absolute Gasteiger partial charge is 0.457 e. The number of carbonyl (C=O) groups is 1. The van der Waals surface area contributed by atoms with E-state index in [1.807, 2.05) is 25.1 Å². The van der Waals surface area contributed by atoms with Crippen molar-refractivity contribution in [3.8, 4) is 11.5 Å². The number of nitrogens with one attached hydrogen (secondary N) is 2. The molecule has 2 rings (SSSR count). The van der Waals surface area contributed by atoms with Gasteiger partial charge >= 0.3 is 0 Å². The number of aryl methyl sites for hydroxylation is 1. The van der Waals surface area contributed by atoms with Crippen molar-refractivity contribution in [1.29, 1.82) is 0 Å². The lowest BCUT2D eigenvalue weighted by molar-refractivity contribution is -0.114. The van der Waals surface area contributed by atoms with Gasteiger partial charge in [-0.2, -0.15) is 0 Å². The standard InChI is InChI=1S/C15H17N3O2/c1-10-9-13(18-16)5-8-15(10)20-14-6-3-12(4-7-14)17-11(2)19/h3-9,18H,16H2,1-2H3,(H,17,19). The number of ether oxygens (including phenoxy) is 1. The number of hydrogen-bond donors (Lipinski definition) is 3. The Morgan fingerprint density at radius 3 is 2.30 bits per heavy atom. The highest BCUT2D eigenvalue weighted by Crippen LogP contribution is 2.27. The minimum absolute atomic E-state index is 0.0978. The first-order valence-electron chi connectivity index (χ1n) is 6.21. The Kier molecular flexibility index (Phi) is 4.22. The highest BCUT2D eigenvalue weighted by Gasteiger charge is 2.03. The molecule has 1 amide bonds. The lowest BCUT2D eigenvalue weighted by Gasteiger charge is -2.11.